The van der Waals surface area contributed by atoms with Crippen LogP contribution in [0.2, 0.25) is 0 Å². The Kier molecular flexibility index (Phi) is 7.08. The first-order valence-electron chi connectivity index (χ1n) is 2.84. The van der Waals surface area contributed by atoms with Crippen LogP contribution in [-0.2, 0) is 19.1 Å². The van der Waals surface area contributed by atoms with Crippen molar-refractivity contribution in [1.82, 2.24) is 0 Å². The van der Waals surface area contributed by atoms with Crippen LogP contribution in [0, 0.1) is 0 Å². The van der Waals surface area contributed by atoms with Crippen LogP contribution in [-0.4, -0.2) is 23.0 Å². The van der Waals surface area contributed by atoms with Crippen molar-refractivity contribution in [3.63, 3.8) is 0 Å². The SMILES string of the molecule is O=C(C=CC(=O)OCBr)OCBr. The summed E-state index contributed by atoms with van der Waals surface area (Å²) in [6, 6.07) is 0. The summed E-state index contributed by atoms with van der Waals surface area (Å²) in [6.07, 6.45) is 1.98. The van der Waals surface area contributed by atoms with Crippen molar-refractivity contribution in [2.45, 2.75) is 0 Å². The molecule has 0 saturated carbocycles. The van der Waals surface area contributed by atoms with Gasteiger partial charge in [0.1, 0.15) is 11.0 Å². The van der Waals surface area contributed by atoms with Crippen LogP contribution in [0.3, 0.4) is 0 Å². The number of carbonyl (C=O) groups is 2. The molecule has 6 heteroatoms. The molecule has 0 aliphatic carbocycles. The Morgan fingerprint density at radius 1 is 1.00 bits per heavy atom. The molecule has 0 N–H and O–H groups in total. The van der Waals surface area contributed by atoms with Crippen LogP contribution in [0.15, 0.2) is 12.2 Å². The fraction of sp³-hybridized carbons (Fsp3) is 0.333. The molecule has 0 aromatic rings. The summed E-state index contributed by atoms with van der Waals surface area (Å²) >= 11 is 5.77. The Labute approximate surface area is 86.2 Å². The molecule has 0 heterocycles. The van der Waals surface area contributed by atoms with E-state index in [1.54, 1.807) is 0 Å². The van der Waals surface area contributed by atoms with Crippen LogP contribution < -0.4 is 0 Å². The zero-order chi connectivity index (χ0) is 9.40. The van der Waals surface area contributed by atoms with Gasteiger partial charge in [0.05, 0.1) is 0 Å². The summed E-state index contributed by atoms with van der Waals surface area (Å²) in [7, 11) is 0. The zero-order valence-electron chi connectivity index (χ0n) is 5.96. The second kappa shape index (κ2) is 7.30. The Morgan fingerprint density at radius 3 is 1.58 bits per heavy atom. The minimum absolute atomic E-state index is 0.101. The molecule has 0 atom stereocenters. The summed E-state index contributed by atoms with van der Waals surface area (Å²) in [6.45, 7) is 0. The first-order chi connectivity index (χ1) is 5.70. The Hall–Kier alpha value is -0.360. The van der Waals surface area contributed by atoms with E-state index in [2.05, 4.69) is 41.3 Å². The van der Waals surface area contributed by atoms with Gasteiger partial charge in [-0.25, -0.2) is 9.59 Å². The van der Waals surface area contributed by atoms with Crippen molar-refractivity contribution in [2.75, 3.05) is 11.0 Å². The van der Waals surface area contributed by atoms with Crippen LogP contribution >= 0.6 is 31.9 Å². The summed E-state index contributed by atoms with van der Waals surface area (Å²) < 4.78 is 8.88. The van der Waals surface area contributed by atoms with Crippen LogP contribution in [0.1, 0.15) is 0 Å². The molecule has 0 spiro atoms. The molecule has 0 aromatic heterocycles. The molecule has 12 heavy (non-hydrogen) atoms. The van der Waals surface area contributed by atoms with Crippen molar-refractivity contribution < 1.29 is 19.1 Å². The lowest BCUT2D eigenvalue weighted by Gasteiger charge is -1.94. The highest BCUT2D eigenvalue weighted by Crippen LogP contribution is 1.89. The highest BCUT2D eigenvalue weighted by atomic mass is 79.9. The fourth-order valence-electron chi connectivity index (χ4n) is 0.340. The third-order valence-electron chi connectivity index (χ3n) is 0.749. The number of carbonyl (C=O) groups excluding carboxylic acids is 2. The minimum atomic E-state index is -0.599. The maximum Gasteiger partial charge on any atom is 0.331 e. The Morgan fingerprint density at radius 2 is 1.33 bits per heavy atom. The van der Waals surface area contributed by atoms with E-state index in [1.807, 2.05) is 0 Å². The predicted octanol–water partition coefficient (Wildman–Crippen LogP) is 1.33. The number of hydrogen-bond acceptors (Lipinski definition) is 4. The molecule has 0 aromatic carbocycles. The molecule has 0 amide bonds. The maximum atomic E-state index is 10.6. The van der Waals surface area contributed by atoms with Crippen molar-refractivity contribution in [3.05, 3.63) is 12.2 Å². The van der Waals surface area contributed by atoms with E-state index in [0.29, 0.717) is 0 Å². The quantitative estimate of drug-likeness (QED) is 0.447. The third-order valence-corrected chi connectivity index (χ3v) is 1.21. The minimum Gasteiger partial charge on any atom is -0.451 e. The smallest absolute Gasteiger partial charge is 0.331 e. The number of hydrogen-bond donors (Lipinski definition) is 0. The monoisotopic (exact) mass is 300 g/mol. The van der Waals surface area contributed by atoms with Gasteiger partial charge in [-0.05, 0) is 31.9 Å². The first kappa shape index (κ1) is 11.6. The number of rotatable bonds is 4. The van der Waals surface area contributed by atoms with E-state index in [4.69, 9.17) is 0 Å². The van der Waals surface area contributed by atoms with Crippen molar-refractivity contribution in [1.29, 1.82) is 0 Å². The summed E-state index contributed by atoms with van der Waals surface area (Å²) in [5.74, 6) is -1.20. The molecule has 0 bridgehead atoms. The zero-order valence-corrected chi connectivity index (χ0v) is 9.13. The van der Waals surface area contributed by atoms with Gasteiger partial charge in [0.2, 0.25) is 0 Å². The first-order valence-corrected chi connectivity index (χ1v) is 5.08. The van der Waals surface area contributed by atoms with Gasteiger partial charge >= 0.3 is 11.9 Å². The maximum absolute atomic E-state index is 10.6. The second-order valence-corrected chi connectivity index (χ2v) is 2.39. The number of halogens is 2. The van der Waals surface area contributed by atoms with Gasteiger partial charge in [0.15, 0.2) is 0 Å². The van der Waals surface area contributed by atoms with Gasteiger partial charge in [-0.2, -0.15) is 0 Å². The highest BCUT2D eigenvalue weighted by Gasteiger charge is 1.98. The van der Waals surface area contributed by atoms with E-state index >= 15 is 0 Å². The van der Waals surface area contributed by atoms with Crippen LogP contribution in [0.5, 0.6) is 0 Å². The van der Waals surface area contributed by atoms with E-state index in [9.17, 15) is 9.59 Å². The van der Waals surface area contributed by atoms with Gasteiger partial charge in [-0.15, -0.1) is 0 Å². The summed E-state index contributed by atoms with van der Waals surface area (Å²) in [4.78, 5) is 21.2. The van der Waals surface area contributed by atoms with Gasteiger partial charge in [-0.1, -0.05) is 0 Å². The topological polar surface area (TPSA) is 52.6 Å². The lowest BCUT2D eigenvalue weighted by atomic mass is 10.5. The average Bonchev–Trinajstić information content (AvgIpc) is 2.02. The number of esters is 2. The van der Waals surface area contributed by atoms with Crippen molar-refractivity contribution in [2.24, 2.45) is 0 Å². The molecular weight excluding hydrogens is 296 g/mol. The van der Waals surface area contributed by atoms with E-state index in [1.165, 1.54) is 0 Å². The van der Waals surface area contributed by atoms with E-state index in [0.717, 1.165) is 12.2 Å². The molecule has 0 rings (SSSR count). The molecule has 0 aliphatic rings. The highest BCUT2D eigenvalue weighted by molar-refractivity contribution is 9.09. The molecule has 68 valence electrons. The average molecular weight is 302 g/mol. The molecule has 0 saturated heterocycles. The number of alkyl halides is 2. The van der Waals surface area contributed by atoms with Gasteiger partial charge in [-0.3, -0.25) is 0 Å². The lowest BCUT2D eigenvalue weighted by molar-refractivity contribution is -0.138. The molecular formula is C6H6Br2O4. The molecule has 0 unspecified atom stereocenters. The third kappa shape index (κ3) is 6.36. The van der Waals surface area contributed by atoms with Crippen LogP contribution in [0.25, 0.3) is 0 Å². The van der Waals surface area contributed by atoms with Gasteiger partial charge in [0.25, 0.3) is 0 Å². The Balaban J connectivity index is 3.73. The molecule has 0 fully saturated rings. The van der Waals surface area contributed by atoms with Crippen molar-refractivity contribution >= 4 is 43.8 Å². The van der Waals surface area contributed by atoms with Gasteiger partial charge < -0.3 is 9.47 Å². The van der Waals surface area contributed by atoms with Crippen LogP contribution in [0.4, 0.5) is 0 Å². The van der Waals surface area contributed by atoms with E-state index in [-0.39, 0.29) is 11.0 Å². The lowest BCUT2D eigenvalue weighted by Crippen LogP contribution is -2.02. The van der Waals surface area contributed by atoms with E-state index < -0.39 is 11.9 Å². The summed E-state index contributed by atoms with van der Waals surface area (Å²) in [5, 5.41) is 0. The fourth-order valence-corrected chi connectivity index (χ4v) is 0.791. The molecule has 4 nitrogen and oxygen atoms in total. The second-order valence-electron chi connectivity index (χ2n) is 1.48. The largest absolute Gasteiger partial charge is 0.451 e. The summed E-state index contributed by atoms with van der Waals surface area (Å²) in [5.41, 5.74) is 0.202. The van der Waals surface area contributed by atoms with Crippen molar-refractivity contribution in [3.8, 4) is 0 Å². The molecule has 0 aliphatic heterocycles. The normalized spacial score (nSPS) is 9.83. The standard InChI is InChI=1S/C6H6Br2O4/c7-3-11-5(9)1-2-6(10)12-4-8/h1-2H,3-4H2. The Bertz CT molecular complexity index is 170. The number of ether oxygens (including phenoxy) is 2. The molecule has 0 radical (unpaired) electrons. The van der Waals surface area contributed by atoms with Gasteiger partial charge in [0, 0.05) is 12.2 Å². The predicted molar refractivity (Wildman–Crippen MR) is 48.9 cm³/mol.